The van der Waals surface area contributed by atoms with E-state index in [0.29, 0.717) is 19.4 Å². The van der Waals surface area contributed by atoms with Gasteiger partial charge in [-0.3, -0.25) is 9.69 Å². The molecule has 1 amide bonds. The van der Waals surface area contributed by atoms with Crippen LogP contribution in [0.5, 0.6) is 0 Å². The van der Waals surface area contributed by atoms with E-state index >= 15 is 0 Å². The Morgan fingerprint density at radius 2 is 1.80 bits per heavy atom. The lowest BCUT2D eigenvalue weighted by Crippen LogP contribution is -2.61. The number of nitrogens with zero attached hydrogens (tertiary/aromatic N) is 3. The van der Waals surface area contributed by atoms with Gasteiger partial charge in [0.05, 0.1) is 6.07 Å². The first kappa shape index (κ1) is 17.0. The topological polar surface area (TPSA) is 47.3 Å². The highest BCUT2D eigenvalue weighted by Gasteiger charge is 2.43. The molecule has 0 aliphatic carbocycles. The molecule has 1 fully saturated rings. The minimum absolute atomic E-state index is 0.0203. The average molecular weight is 279 g/mol. The quantitative estimate of drug-likeness (QED) is 0.777. The second kappa shape index (κ2) is 6.58. The summed E-state index contributed by atoms with van der Waals surface area (Å²) in [5, 5.41) is 9.61. The van der Waals surface area contributed by atoms with Crippen LogP contribution in [0.2, 0.25) is 0 Å². The SMILES string of the molecule is CCCC(C#N)(CCC)C(=O)N1CCN(C)C(C)(C)C1. The Bertz CT molecular complexity index is 378. The van der Waals surface area contributed by atoms with Crippen LogP contribution in [0.25, 0.3) is 0 Å². The third-order valence-corrected chi connectivity index (χ3v) is 4.58. The molecular formula is C16H29N3O. The Kier molecular flexibility index (Phi) is 5.59. The third-order valence-electron chi connectivity index (χ3n) is 4.58. The molecule has 0 N–H and O–H groups in total. The van der Waals surface area contributed by atoms with Crippen LogP contribution in [0.3, 0.4) is 0 Å². The molecule has 0 aromatic rings. The fourth-order valence-electron chi connectivity index (χ4n) is 3.07. The van der Waals surface area contributed by atoms with Gasteiger partial charge in [0.1, 0.15) is 5.41 Å². The number of likely N-dealkylation sites (N-methyl/N-ethyl adjacent to an activating group) is 1. The summed E-state index contributed by atoms with van der Waals surface area (Å²) in [5.41, 5.74) is -0.830. The molecule has 0 aromatic carbocycles. The molecule has 20 heavy (non-hydrogen) atoms. The fourth-order valence-corrected chi connectivity index (χ4v) is 3.07. The molecule has 0 aromatic heterocycles. The van der Waals surface area contributed by atoms with Crippen LogP contribution < -0.4 is 0 Å². The molecule has 1 saturated heterocycles. The van der Waals surface area contributed by atoms with Crippen molar-refractivity contribution >= 4 is 5.91 Å². The van der Waals surface area contributed by atoms with E-state index in [4.69, 9.17) is 0 Å². The van der Waals surface area contributed by atoms with Crippen LogP contribution in [0.15, 0.2) is 0 Å². The molecule has 1 aliphatic heterocycles. The summed E-state index contributed by atoms with van der Waals surface area (Å²) in [7, 11) is 2.09. The predicted octanol–water partition coefficient (Wildman–Crippen LogP) is 2.65. The van der Waals surface area contributed by atoms with E-state index < -0.39 is 5.41 Å². The molecule has 4 heteroatoms. The van der Waals surface area contributed by atoms with Gasteiger partial charge in [-0.15, -0.1) is 0 Å². The molecule has 0 atom stereocenters. The molecule has 0 radical (unpaired) electrons. The van der Waals surface area contributed by atoms with Crippen molar-refractivity contribution in [3.63, 3.8) is 0 Å². The lowest BCUT2D eigenvalue weighted by atomic mass is 9.78. The fraction of sp³-hybridized carbons (Fsp3) is 0.875. The monoisotopic (exact) mass is 279 g/mol. The van der Waals surface area contributed by atoms with Crippen LogP contribution in [-0.4, -0.2) is 47.9 Å². The summed E-state index contributed by atoms with van der Waals surface area (Å²) >= 11 is 0. The second-order valence-electron chi connectivity index (χ2n) is 6.65. The van der Waals surface area contributed by atoms with Crippen molar-refractivity contribution in [3.05, 3.63) is 0 Å². The first-order chi connectivity index (χ1) is 9.33. The Labute approximate surface area is 123 Å². The number of rotatable bonds is 5. The highest BCUT2D eigenvalue weighted by atomic mass is 16.2. The van der Waals surface area contributed by atoms with Gasteiger partial charge < -0.3 is 4.90 Å². The van der Waals surface area contributed by atoms with Crippen LogP contribution in [-0.2, 0) is 4.79 Å². The molecule has 1 aliphatic rings. The number of carbonyl (C=O) groups is 1. The first-order valence-electron chi connectivity index (χ1n) is 7.75. The first-order valence-corrected chi connectivity index (χ1v) is 7.75. The summed E-state index contributed by atoms with van der Waals surface area (Å²) in [6, 6.07) is 2.35. The molecule has 114 valence electrons. The van der Waals surface area contributed by atoms with Crippen LogP contribution in [0, 0.1) is 16.7 Å². The van der Waals surface area contributed by atoms with Crippen LogP contribution in [0.1, 0.15) is 53.4 Å². The second-order valence-corrected chi connectivity index (χ2v) is 6.65. The van der Waals surface area contributed by atoms with E-state index in [1.165, 1.54) is 0 Å². The van der Waals surface area contributed by atoms with Gasteiger partial charge >= 0.3 is 0 Å². The summed E-state index contributed by atoms with van der Waals surface area (Å²) in [5.74, 6) is 0.0462. The minimum Gasteiger partial charge on any atom is -0.338 e. The summed E-state index contributed by atoms with van der Waals surface area (Å²) in [4.78, 5) is 17.1. The van der Waals surface area contributed by atoms with Gasteiger partial charge in [-0.05, 0) is 33.7 Å². The van der Waals surface area contributed by atoms with Gasteiger partial charge in [-0.1, -0.05) is 26.7 Å². The minimum atomic E-state index is -0.810. The number of hydrogen-bond acceptors (Lipinski definition) is 3. The lowest BCUT2D eigenvalue weighted by Gasteiger charge is -2.47. The van der Waals surface area contributed by atoms with E-state index in [-0.39, 0.29) is 11.4 Å². The molecule has 0 bridgehead atoms. The molecule has 1 rings (SSSR count). The Morgan fingerprint density at radius 3 is 2.20 bits per heavy atom. The van der Waals surface area contributed by atoms with E-state index in [1.807, 2.05) is 18.7 Å². The van der Waals surface area contributed by atoms with Gasteiger partial charge in [-0.25, -0.2) is 0 Å². The molecule has 1 heterocycles. The number of hydrogen-bond donors (Lipinski definition) is 0. The normalized spacial score (nSPS) is 19.7. The van der Waals surface area contributed by atoms with Gasteiger partial charge in [0.25, 0.3) is 0 Å². The maximum absolute atomic E-state index is 12.9. The van der Waals surface area contributed by atoms with Crippen molar-refractivity contribution in [1.82, 2.24) is 9.80 Å². The largest absolute Gasteiger partial charge is 0.338 e. The van der Waals surface area contributed by atoms with E-state index in [0.717, 1.165) is 25.9 Å². The van der Waals surface area contributed by atoms with Crippen LogP contribution in [0.4, 0.5) is 0 Å². The molecule has 0 unspecified atom stereocenters. The van der Waals surface area contributed by atoms with Crippen molar-refractivity contribution in [1.29, 1.82) is 5.26 Å². The average Bonchev–Trinajstić information content (AvgIpc) is 2.40. The summed E-state index contributed by atoms with van der Waals surface area (Å²) in [6.45, 7) is 10.7. The highest BCUT2D eigenvalue weighted by molar-refractivity contribution is 5.85. The Morgan fingerprint density at radius 1 is 1.25 bits per heavy atom. The van der Waals surface area contributed by atoms with Crippen molar-refractivity contribution < 1.29 is 4.79 Å². The summed E-state index contributed by atoms with van der Waals surface area (Å²) < 4.78 is 0. The molecular weight excluding hydrogens is 250 g/mol. The Balaban J connectivity index is 2.93. The van der Waals surface area contributed by atoms with Crippen molar-refractivity contribution in [2.24, 2.45) is 5.41 Å². The summed E-state index contributed by atoms with van der Waals surface area (Å²) in [6.07, 6.45) is 3.08. The lowest BCUT2D eigenvalue weighted by molar-refractivity contribution is -0.144. The third kappa shape index (κ3) is 3.32. The Hall–Kier alpha value is -1.08. The van der Waals surface area contributed by atoms with Gasteiger partial charge in [0.2, 0.25) is 5.91 Å². The zero-order valence-electron chi connectivity index (χ0n) is 13.7. The molecule has 0 spiro atoms. The van der Waals surface area contributed by atoms with E-state index in [2.05, 4.69) is 31.9 Å². The van der Waals surface area contributed by atoms with Crippen molar-refractivity contribution in [2.45, 2.75) is 58.9 Å². The van der Waals surface area contributed by atoms with Crippen molar-refractivity contribution in [2.75, 3.05) is 26.7 Å². The standard InChI is InChI=1S/C16H29N3O/c1-6-8-16(12-17,9-7-2)14(20)19-11-10-18(5)15(3,4)13-19/h6-11,13H2,1-5H3. The van der Waals surface area contributed by atoms with E-state index in [9.17, 15) is 10.1 Å². The van der Waals surface area contributed by atoms with Crippen molar-refractivity contribution in [3.8, 4) is 6.07 Å². The number of amides is 1. The number of piperazine rings is 1. The maximum atomic E-state index is 12.9. The zero-order chi connectivity index (χ0) is 15.4. The zero-order valence-corrected chi connectivity index (χ0v) is 13.7. The van der Waals surface area contributed by atoms with Gasteiger partial charge in [0.15, 0.2) is 0 Å². The van der Waals surface area contributed by atoms with Crippen LogP contribution >= 0.6 is 0 Å². The van der Waals surface area contributed by atoms with E-state index in [1.54, 1.807) is 0 Å². The predicted molar refractivity (Wildman–Crippen MR) is 81.2 cm³/mol. The number of nitriles is 1. The maximum Gasteiger partial charge on any atom is 0.243 e. The van der Waals surface area contributed by atoms with Gasteiger partial charge in [0, 0.05) is 25.2 Å². The molecule has 4 nitrogen and oxygen atoms in total. The number of carbonyl (C=O) groups excluding carboxylic acids is 1. The smallest absolute Gasteiger partial charge is 0.243 e. The highest BCUT2D eigenvalue weighted by Crippen LogP contribution is 2.33. The van der Waals surface area contributed by atoms with Gasteiger partial charge in [-0.2, -0.15) is 5.26 Å². The molecule has 0 saturated carbocycles.